The maximum Gasteiger partial charge on any atom is 0.147 e. The molecule has 0 saturated heterocycles. The van der Waals surface area contributed by atoms with E-state index < -0.39 is 0 Å². The van der Waals surface area contributed by atoms with Gasteiger partial charge in [0, 0.05) is 25.8 Å². The molecule has 7 nitrogen and oxygen atoms in total. The summed E-state index contributed by atoms with van der Waals surface area (Å²) >= 11 is 0. The summed E-state index contributed by atoms with van der Waals surface area (Å²) in [6, 6.07) is 1.81. The minimum absolute atomic E-state index is 0.573. The molecule has 1 aliphatic heterocycles. The Bertz CT molecular complexity index is 500. The van der Waals surface area contributed by atoms with Crippen LogP contribution in [0.3, 0.4) is 0 Å². The quantitative estimate of drug-likeness (QED) is 0.778. The third-order valence-corrected chi connectivity index (χ3v) is 3.02. The van der Waals surface area contributed by atoms with Crippen LogP contribution in [0.4, 0.5) is 5.82 Å². The summed E-state index contributed by atoms with van der Waals surface area (Å²) in [7, 11) is 0. The molecule has 3 heterocycles. The van der Waals surface area contributed by atoms with E-state index in [0.29, 0.717) is 5.82 Å². The van der Waals surface area contributed by atoms with Gasteiger partial charge in [-0.05, 0) is 6.07 Å². The lowest BCUT2D eigenvalue weighted by Gasteiger charge is -2.26. The number of nitrogen functional groups attached to an aromatic ring is 1. The van der Waals surface area contributed by atoms with Gasteiger partial charge >= 0.3 is 0 Å². The Morgan fingerprint density at radius 1 is 1.29 bits per heavy atom. The van der Waals surface area contributed by atoms with Crippen LogP contribution in [-0.4, -0.2) is 42.5 Å². The van der Waals surface area contributed by atoms with Gasteiger partial charge in [0.1, 0.15) is 18.0 Å². The van der Waals surface area contributed by atoms with Gasteiger partial charge in [0.2, 0.25) is 0 Å². The van der Waals surface area contributed by atoms with Crippen LogP contribution >= 0.6 is 0 Å². The van der Waals surface area contributed by atoms with Gasteiger partial charge in [0.25, 0.3) is 0 Å². The number of hydrogen-bond donors (Lipinski definition) is 1. The van der Waals surface area contributed by atoms with E-state index in [0.717, 1.165) is 38.5 Å². The summed E-state index contributed by atoms with van der Waals surface area (Å²) in [6.45, 7) is 4.65. The van der Waals surface area contributed by atoms with Gasteiger partial charge in [-0.15, -0.1) is 10.2 Å². The summed E-state index contributed by atoms with van der Waals surface area (Å²) in [5.74, 6) is 1.61. The predicted octanol–water partition coefficient (Wildman–Crippen LogP) is -0.427. The zero-order valence-electron chi connectivity index (χ0n) is 9.53. The van der Waals surface area contributed by atoms with Crippen LogP contribution in [0.15, 0.2) is 18.6 Å². The highest BCUT2D eigenvalue weighted by Crippen LogP contribution is 2.08. The Balaban J connectivity index is 1.57. The van der Waals surface area contributed by atoms with Crippen molar-refractivity contribution >= 4 is 5.82 Å². The van der Waals surface area contributed by atoms with E-state index >= 15 is 0 Å². The van der Waals surface area contributed by atoms with Gasteiger partial charge in [-0.1, -0.05) is 0 Å². The minimum Gasteiger partial charge on any atom is -0.382 e. The lowest BCUT2D eigenvalue weighted by molar-refractivity contribution is 0.206. The van der Waals surface area contributed by atoms with Gasteiger partial charge in [-0.25, -0.2) is 0 Å². The first kappa shape index (κ1) is 10.3. The lowest BCUT2D eigenvalue weighted by atomic mass is 10.3. The standard InChI is InChI=1S/C10H15N7/c11-9-1-2-17(14-9)6-4-15-3-5-16-8-12-13-10(16)7-15/h1-2,8H,3-7H2,(H2,11,14). The van der Waals surface area contributed by atoms with Crippen molar-refractivity contribution in [1.29, 1.82) is 0 Å². The molecule has 2 N–H and O–H groups in total. The van der Waals surface area contributed by atoms with Crippen molar-refractivity contribution in [3.05, 3.63) is 24.4 Å². The van der Waals surface area contributed by atoms with Crippen LogP contribution < -0.4 is 5.73 Å². The molecule has 0 aliphatic carbocycles. The molecule has 90 valence electrons. The van der Waals surface area contributed by atoms with Gasteiger partial charge in [0.05, 0.1) is 13.1 Å². The third-order valence-electron chi connectivity index (χ3n) is 3.02. The molecule has 0 fully saturated rings. The molecule has 0 bridgehead atoms. The summed E-state index contributed by atoms with van der Waals surface area (Å²) < 4.78 is 3.97. The molecule has 17 heavy (non-hydrogen) atoms. The fourth-order valence-electron chi connectivity index (χ4n) is 2.05. The number of fused-ring (bicyclic) bond motifs is 1. The number of rotatable bonds is 3. The Hall–Kier alpha value is -1.89. The number of nitrogens with zero attached hydrogens (tertiary/aromatic N) is 6. The maximum atomic E-state index is 5.57. The molecule has 2 aromatic heterocycles. The van der Waals surface area contributed by atoms with Crippen molar-refractivity contribution in [3.63, 3.8) is 0 Å². The van der Waals surface area contributed by atoms with E-state index in [-0.39, 0.29) is 0 Å². The maximum absolute atomic E-state index is 5.57. The summed E-state index contributed by atoms with van der Waals surface area (Å²) in [6.07, 6.45) is 3.70. The smallest absolute Gasteiger partial charge is 0.147 e. The average Bonchev–Trinajstić information content (AvgIpc) is 2.94. The fourth-order valence-corrected chi connectivity index (χ4v) is 2.05. The first-order valence-corrected chi connectivity index (χ1v) is 5.69. The Morgan fingerprint density at radius 3 is 3.06 bits per heavy atom. The van der Waals surface area contributed by atoms with Gasteiger partial charge in [-0.2, -0.15) is 5.10 Å². The van der Waals surface area contributed by atoms with Crippen LogP contribution in [0.2, 0.25) is 0 Å². The number of aromatic nitrogens is 5. The van der Waals surface area contributed by atoms with E-state index in [9.17, 15) is 0 Å². The van der Waals surface area contributed by atoms with Crippen LogP contribution in [0.1, 0.15) is 5.82 Å². The van der Waals surface area contributed by atoms with E-state index in [1.807, 2.05) is 16.9 Å². The monoisotopic (exact) mass is 233 g/mol. The van der Waals surface area contributed by atoms with Crippen molar-refractivity contribution in [2.75, 3.05) is 18.8 Å². The highest BCUT2D eigenvalue weighted by atomic mass is 15.3. The molecular weight excluding hydrogens is 218 g/mol. The summed E-state index contributed by atoms with van der Waals surface area (Å²) in [5, 5.41) is 12.2. The number of hydrogen-bond acceptors (Lipinski definition) is 5. The van der Waals surface area contributed by atoms with Gasteiger partial charge in [-0.3, -0.25) is 9.58 Å². The Morgan fingerprint density at radius 2 is 2.24 bits per heavy atom. The molecule has 0 unspecified atom stereocenters. The van der Waals surface area contributed by atoms with E-state index in [2.05, 4.69) is 24.8 Å². The molecule has 0 aromatic carbocycles. The first-order chi connectivity index (χ1) is 8.31. The molecular formula is C10H15N7. The van der Waals surface area contributed by atoms with Crippen molar-refractivity contribution in [2.45, 2.75) is 19.6 Å². The van der Waals surface area contributed by atoms with Crippen LogP contribution in [0, 0.1) is 0 Å². The van der Waals surface area contributed by atoms with Gasteiger partial charge < -0.3 is 10.3 Å². The second-order valence-electron chi connectivity index (χ2n) is 4.22. The molecule has 0 radical (unpaired) electrons. The highest BCUT2D eigenvalue weighted by molar-refractivity contribution is 5.23. The van der Waals surface area contributed by atoms with Crippen LogP contribution in [-0.2, 0) is 19.6 Å². The van der Waals surface area contributed by atoms with Crippen molar-refractivity contribution in [3.8, 4) is 0 Å². The molecule has 7 heteroatoms. The van der Waals surface area contributed by atoms with Crippen molar-refractivity contribution in [1.82, 2.24) is 29.4 Å². The Labute approximate surface area is 98.8 Å². The zero-order valence-corrected chi connectivity index (χ0v) is 9.53. The molecule has 0 atom stereocenters. The van der Waals surface area contributed by atoms with E-state index in [1.54, 1.807) is 6.33 Å². The summed E-state index contributed by atoms with van der Waals surface area (Å²) in [5.41, 5.74) is 5.57. The fraction of sp³-hybridized carbons (Fsp3) is 0.500. The van der Waals surface area contributed by atoms with Crippen molar-refractivity contribution < 1.29 is 0 Å². The molecule has 1 aliphatic rings. The molecule has 0 spiro atoms. The molecule has 0 saturated carbocycles. The summed E-state index contributed by atoms with van der Waals surface area (Å²) in [4.78, 5) is 2.35. The predicted molar refractivity (Wildman–Crippen MR) is 61.9 cm³/mol. The molecule has 2 aromatic rings. The SMILES string of the molecule is Nc1ccn(CCN2CCn3cnnc3C2)n1. The van der Waals surface area contributed by atoms with E-state index in [1.165, 1.54) is 0 Å². The largest absolute Gasteiger partial charge is 0.382 e. The average molecular weight is 233 g/mol. The van der Waals surface area contributed by atoms with Gasteiger partial charge in [0.15, 0.2) is 0 Å². The Kier molecular flexibility index (Phi) is 2.52. The van der Waals surface area contributed by atoms with Crippen LogP contribution in [0.25, 0.3) is 0 Å². The zero-order chi connectivity index (χ0) is 11.7. The number of nitrogens with two attached hydrogens (primary N) is 1. The number of anilines is 1. The minimum atomic E-state index is 0.573. The molecule has 0 amide bonds. The lowest BCUT2D eigenvalue weighted by Crippen LogP contribution is -2.35. The normalized spacial score (nSPS) is 16.0. The van der Waals surface area contributed by atoms with Crippen molar-refractivity contribution in [2.24, 2.45) is 0 Å². The van der Waals surface area contributed by atoms with E-state index in [4.69, 9.17) is 5.73 Å². The second kappa shape index (κ2) is 4.17. The first-order valence-electron chi connectivity index (χ1n) is 5.69. The third kappa shape index (κ3) is 2.14. The van der Waals surface area contributed by atoms with Crippen LogP contribution in [0.5, 0.6) is 0 Å². The molecule has 3 rings (SSSR count). The second-order valence-corrected chi connectivity index (χ2v) is 4.22. The topological polar surface area (TPSA) is 77.8 Å². The highest BCUT2D eigenvalue weighted by Gasteiger charge is 2.16.